The number of hydrogen-bond acceptors (Lipinski definition) is 2. The number of rotatable bonds is 7. The molecule has 2 atom stereocenters. The molecule has 0 spiro atoms. The molecule has 17 heavy (non-hydrogen) atoms. The van der Waals surface area contributed by atoms with E-state index in [9.17, 15) is 0 Å². The first kappa shape index (κ1) is 13.4. The van der Waals surface area contributed by atoms with Gasteiger partial charge in [0.15, 0.2) is 0 Å². The van der Waals surface area contributed by atoms with Gasteiger partial charge < -0.3 is 10.2 Å². The summed E-state index contributed by atoms with van der Waals surface area (Å²) in [4.78, 5) is 2.62. The molecule has 2 unspecified atom stereocenters. The van der Waals surface area contributed by atoms with Crippen molar-refractivity contribution < 1.29 is 0 Å². The Morgan fingerprint density at radius 2 is 2.00 bits per heavy atom. The Morgan fingerprint density at radius 1 is 1.18 bits per heavy atom. The molecule has 1 N–H and O–H groups in total. The van der Waals surface area contributed by atoms with E-state index < -0.39 is 0 Å². The van der Waals surface area contributed by atoms with Crippen LogP contribution in [0, 0.1) is 11.8 Å². The first-order valence-electron chi connectivity index (χ1n) is 7.73. The molecule has 0 bridgehead atoms. The van der Waals surface area contributed by atoms with E-state index >= 15 is 0 Å². The summed E-state index contributed by atoms with van der Waals surface area (Å²) in [5.41, 5.74) is 0. The smallest absolute Gasteiger partial charge is 0.0107 e. The van der Waals surface area contributed by atoms with Gasteiger partial charge in [0.05, 0.1) is 0 Å². The van der Waals surface area contributed by atoms with Crippen LogP contribution in [-0.2, 0) is 0 Å². The Hall–Kier alpha value is -0.0800. The van der Waals surface area contributed by atoms with Gasteiger partial charge in [0, 0.05) is 25.7 Å². The van der Waals surface area contributed by atoms with Crippen LogP contribution in [0.2, 0.25) is 0 Å². The highest BCUT2D eigenvalue weighted by Crippen LogP contribution is 2.29. The van der Waals surface area contributed by atoms with Crippen molar-refractivity contribution in [2.45, 2.75) is 58.4 Å². The fourth-order valence-corrected chi connectivity index (χ4v) is 3.09. The average Bonchev–Trinajstić information content (AvgIpc) is 3.12. The molecular weight excluding hydrogens is 208 g/mol. The molecule has 0 radical (unpaired) electrons. The molecule has 0 amide bonds. The first-order valence-corrected chi connectivity index (χ1v) is 7.73. The zero-order valence-electron chi connectivity index (χ0n) is 11.8. The summed E-state index contributed by atoms with van der Waals surface area (Å²) in [5, 5.41) is 3.77. The minimum atomic E-state index is 0.804. The van der Waals surface area contributed by atoms with E-state index in [1.165, 1.54) is 64.7 Å². The van der Waals surface area contributed by atoms with Crippen LogP contribution in [0.4, 0.5) is 0 Å². The Balaban J connectivity index is 1.56. The molecular formula is C15H30N2. The lowest BCUT2D eigenvalue weighted by atomic mass is 9.87. The van der Waals surface area contributed by atoms with Crippen LogP contribution in [0.15, 0.2) is 0 Å². The highest BCUT2D eigenvalue weighted by molar-refractivity contribution is 4.79. The lowest BCUT2D eigenvalue weighted by Crippen LogP contribution is -2.39. The van der Waals surface area contributed by atoms with E-state index in [2.05, 4.69) is 24.1 Å². The minimum absolute atomic E-state index is 0.804. The van der Waals surface area contributed by atoms with Crippen LogP contribution in [-0.4, -0.2) is 37.1 Å². The van der Waals surface area contributed by atoms with Gasteiger partial charge in [-0.3, -0.25) is 0 Å². The average molecular weight is 238 g/mol. The van der Waals surface area contributed by atoms with Crippen LogP contribution in [0.5, 0.6) is 0 Å². The van der Waals surface area contributed by atoms with Crippen LogP contribution >= 0.6 is 0 Å². The van der Waals surface area contributed by atoms with E-state index in [1.54, 1.807) is 0 Å². The maximum absolute atomic E-state index is 3.77. The quantitative estimate of drug-likeness (QED) is 0.733. The second-order valence-corrected chi connectivity index (χ2v) is 6.26. The van der Waals surface area contributed by atoms with E-state index in [0.717, 1.165) is 17.9 Å². The summed E-state index contributed by atoms with van der Waals surface area (Å²) in [6.07, 6.45) is 8.63. The van der Waals surface area contributed by atoms with E-state index in [0.29, 0.717) is 0 Å². The summed E-state index contributed by atoms with van der Waals surface area (Å²) >= 11 is 0. The van der Waals surface area contributed by atoms with Crippen LogP contribution in [0.3, 0.4) is 0 Å². The van der Waals surface area contributed by atoms with Gasteiger partial charge in [0.1, 0.15) is 0 Å². The van der Waals surface area contributed by atoms with Gasteiger partial charge in [-0.2, -0.15) is 0 Å². The van der Waals surface area contributed by atoms with Crippen molar-refractivity contribution in [2.24, 2.45) is 11.8 Å². The summed E-state index contributed by atoms with van der Waals surface area (Å²) < 4.78 is 0. The topological polar surface area (TPSA) is 15.3 Å². The molecule has 0 saturated heterocycles. The maximum Gasteiger partial charge on any atom is 0.0107 e. The van der Waals surface area contributed by atoms with Gasteiger partial charge in [0.2, 0.25) is 0 Å². The number of likely N-dealkylation sites (N-methyl/N-ethyl adjacent to an activating group) is 1. The standard InChI is InChI=1S/C15H30N2/c1-3-17(12-14-7-8-14)10-9-16-15-6-4-5-13(2)11-15/h13-16H,3-12H2,1-2H3. The monoisotopic (exact) mass is 238 g/mol. The molecule has 2 rings (SSSR count). The molecule has 100 valence electrons. The van der Waals surface area contributed by atoms with Gasteiger partial charge in [-0.25, -0.2) is 0 Å². The first-order chi connectivity index (χ1) is 8.28. The second-order valence-electron chi connectivity index (χ2n) is 6.26. The van der Waals surface area contributed by atoms with E-state index in [-0.39, 0.29) is 0 Å². The molecule has 2 nitrogen and oxygen atoms in total. The van der Waals surface area contributed by atoms with Crippen LogP contribution < -0.4 is 5.32 Å². The van der Waals surface area contributed by atoms with Crippen molar-refractivity contribution in [3.8, 4) is 0 Å². The van der Waals surface area contributed by atoms with Crippen molar-refractivity contribution in [3.05, 3.63) is 0 Å². The number of hydrogen-bond donors (Lipinski definition) is 1. The van der Waals surface area contributed by atoms with Crippen molar-refractivity contribution in [1.29, 1.82) is 0 Å². The fraction of sp³-hybridized carbons (Fsp3) is 1.00. The Labute approximate surface area is 107 Å². The lowest BCUT2D eigenvalue weighted by molar-refractivity contribution is 0.252. The third-order valence-corrected chi connectivity index (χ3v) is 4.46. The predicted octanol–water partition coefficient (Wildman–Crippen LogP) is 2.89. The SMILES string of the molecule is CCN(CCNC1CCCC(C)C1)CC1CC1. The van der Waals surface area contributed by atoms with Gasteiger partial charge in [0.25, 0.3) is 0 Å². The molecule has 0 aliphatic heterocycles. The van der Waals surface area contributed by atoms with Crippen molar-refractivity contribution >= 4 is 0 Å². The van der Waals surface area contributed by atoms with Gasteiger partial charge >= 0.3 is 0 Å². The molecule has 0 aromatic rings. The van der Waals surface area contributed by atoms with E-state index in [1.807, 2.05) is 0 Å². The van der Waals surface area contributed by atoms with Crippen molar-refractivity contribution in [3.63, 3.8) is 0 Å². The molecule has 2 aliphatic carbocycles. The van der Waals surface area contributed by atoms with Gasteiger partial charge in [-0.15, -0.1) is 0 Å². The number of nitrogens with one attached hydrogen (secondary N) is 1. The summed E-state index contributed by atoms with van der Waals surface area (Å²) in [5.74, 6) is 1.97. The van der Waals surface area contributed by atoms with Crippen molar-refractivity contribution in [2.75, 3.05) is 26.2 Å². The fourth-order valence-electron chi connectivity index (χ4n) is 3.09. The zero-order valence-corrected chi connectivity index (χ0v) is 11.8. The molecule has 0 aromatic heterocycles. The molecule has 2 aliphatic rings. The zero-order chi connectivity index (χ0) is 12.1. The second kappa shape index (κ2) is 6.75. The highest BCUT2D eigenvalue weighted by Gasteiger charge is 2.23. The summed E-state index contributed by atoms with van der Waals surface area (Å²) in [6, 6.07) is 0.804. The maximum atomic E-state index is 3.77. The molecule has 0 heterocycles. The largest absolute Gasteiger partial charge is 0.313 e. The molecule has 2 saturated carbocycles. The molecule has 2 heteroatoms. The Bertz CT molecular complexity index is 209. The normalized spacial score (nSPS) is 29.8. The van der Waals surface area contributed by atoms with Crippen molar-refractivity contribution in [1.82, 2.24) is 10.2 Å². The molecule has 0 aromatic carbocycles. The summed E-state index contributed by atoms with van der Waals surface area (Å²) in [6.45, 7) is 9.71. The summed E-state index contributed by atoms with van der Waals surface area (Å²) in [7, 11) is 0. The molecule has 2 fully saturated rings. The number of nitrogens with zero attached hydrogens (tertiary/aromatic N) is 1. The minimum Gasteiger partial charge on any atom is -0.313 e. The van der Waals surface area contributed by atoms with Gasteiger partial charge in [-0.05, 0) is 44.1 Å². The predicted molar refractivity (Wildman–Crippen MR) is 74.3 cm³/mol. The van der Waals surface area contributed by atoms with Gasteiger partial charge in [-0.1, -0.05) is 26.7 Å². The van der Waals surface area contributed by atoms with Crippen LogP contribution in [0.1, 0.15) is 52.4 Å². The van der Waals surface area contributed by atoms with E-state index in [4.69, 9.17) is 0 Å². The Morgan fingerprint density at radius 3 is 2.65 bits per heavy atom. The lowest BCUT2D eigenvalue weighted by Gasteiger charge is -2.29. The third-order valence-electron chi connectivity index (χ3n) is 4.46. The Kier molecular flexibility index (Phi) is 5.30. The third kappa shape index (κ3) is 4.97. The van der Waals surface area contributed by atoms with Crippen LogP contribution in [0.25, 0.3) is 0 Å². The highest BCUT2D eigenvalue weighted by atomic mass is 15.1.